The van der Waals surface area contributed by atoms with E-state index in [1.807, 2.05) is 0 Å². The van der Waals surface area contributed by atoms with E-state index in [2.05, 4.69) is 16.9 Å². The summed E-state index contributed by atoms with van der Waals surface area (Å²) in [5.74, 6) is 0.658. The Morgan fingerprint density at radius 3 is 3.06 bits per heavy atom. The van der Waals surface area contributed by atoms with Gasteiger partial charge in [0.1, 0.15) is 11.6 Å². The van der Waals surface area contributed by atoms with Gasteiger partial charge in [0.05, 0.1) is 11.0 Å². The minimum absolute atomic E-state index is 0.117. The number of aromatic nitrogens is 2. The highest BCUT2D eigenvalue weighted by Crippen LogP contribution is 2.37. The Morgan fingerprint density at radius 2 is 2.28 bits per heavy atom. The highest BCUT2D eigenvalue weighted by atomic mass is 19.1. The molecule has 0 spiro atoms. The maximum Gasteiger partial charge on any atom is 0.125 e. The van der Waals surface area contributed by atoms with Gasteiger partial charge in [-0.15, -0.1) is 0 Å². The van der Waals surface area contributed by atoms with Crippen LogP contribution in [0.15, 0.2) is 18.2 Å². The van der Waals surface area contributed by atoms with E-state index in [9.17, 15) is 4.39 Å². The third kappa shape index (κ3) is 1.72. The Hall–Kier alpha value is -1.42. The number of rotatable bonds is 1. The molecule has 2 atom stereocenters. The van der Waals surface area contributed by atoms with E-state index < -0.39 is 0 Å². The van der Waals surface area contributed by atoms with Gasteiger partial charge in [-0.2, -0.15) is 0 Å². The van der Waals surface area contributed by atoms with Gasteiger partial charge in [0.15, 0.2) is 0 Å². The maximum absolute atomic E-state index is 13.2. The van der Waals surface area contributed by atoms with Crippen molar-refractivity contribution >= 4 is 11.0 Å². The van der Waals surface area contributed by atoms with Crippen LogP contribution in [0, 0.1) is 5.82 Å². The molecule has 3 nitrogen and oxygen atoms in total. The number of benzene rings is 1. The Morgan fingerprint density at radius 1 is 1.44 bits per heavy atom. The minimum Gasteiger partial charge on any atom is -0.341 e. The first-order chi connectivity index (χ1) is 8.59. The summed E-state index contributed by atoms with van der Waals surface area (Å²) in [6, 6.07) is 4.76. The Labute approximate surface area is 106 Å². The van der Waals surface area contributed by atoms with Crippen molar-refractivity contribution in [1.82, 2.24) is 9.97 Å². The molecule has 4 heteroatoms. The number of fused-ring (bicyclic) bond motifs is 1. The van der Waals surface area contributed by atoms with Crippen LogP contribution in [0.3, 0.4) is 0 Å². The molecule has 1 saturated carbocycles. The number of halogens is 1. The molecule has 18 heavy (non-hydrogen) atoms. The predicted octanol–water partition coefficient (Wildman–Crippen LogP) is 2.86. The number of nitrogens with two attached hydrogens (primary N) is 1. The Balaban J connectivity index is 2.07. The average Bonchev–Trinajstić information content (AvgIpc) is 2.76. The number of hydrogen-bond donors (Lipinski definition) is 2. The molecule has 96 valence electrons. The van der Waals surface area contributed by atoms with Gasteiger partial charge in [-0.05, 0) is 31.0 Å². The smallest absolute Gasteiger partial charge is 0.125 e. The van der Waals surface area contributed by atoms with E-state index in [0.717, 1.165) is 29.7 Å². The predicted molar refractivity (Wildman–Crippen MR) is 69.8 cm³/mol. The van der Waals surface area contributed by atoms with Crippen molar-refractivity contribution in [2.45, 2.75) is 44.1 Å². The van der Waals surface area contributed by atoms with Crippen molar-refractivity contribution < 1.29 is 4.39 Å². The molecule has 2 aromatic rings. The van der Waals surface area contributed by atoms with E-state index in [4.69, 9.17) is 5.73 Å². The summed E-state index contributed by atoms with van der Waals surface area (Å²) in [7, 11) is 0. The molecule has 1 aliphatic carbocycles. The third-order valence-corrected chi connectivity index (χ3v) is 4.26. The number of nitrogens with one attached hydrogen (secondary N) is 1. The first kappa shape index (κ1) is 11.7. The van der Waals surface area contributed by atoms with Crippen molar-refractivity contribution in [2.75, 3.05) is 0 Å². The summed E-state index contributed by atoms with van der Waals surface area (Å²) < 4.78 is 13.2. The summed E-state index contributed by atoms with van der Waals surface area (Å²) in [6.45, 7) is 2.16. The normalized spacial score (nSPS) is 28.7. The minimum atomic E-state index is -0.240. The van der Waals surface area contributed by atoms with Crippen LogP contribution in [0.25, 0.3) is 11.0 Å². The summed E-state index contributed by atoms with van der Waals surface area (Å²) in [5.41, 5.74) is 7.71. The highest BCUT2D eigenvalue weighted by Gasteiger charge is 2.38. The zero-order chi connectivity index (χ0) is 12.8. The monoisotopic (exact) mass is 247 g/mol. The standard InChI is InChI=1S/C14H18FN3/c1-14(7-3-2-4-12(14)16)13-17-10-6-5-9(15)8-11(10)18-13/h5-6,8,12H,2-4,7,16H2,1H3,(H,17,18). The van der Waals surface area contributed by atoms with Crippen LogP contribution in [0.4, 0.5) is 4.39 Å². The van der Waals surface area contributed by atoms with Gasteiger partial charge < -0.3 is 10.7 Å². The fourth-order valence-corrected chi connectivity index (χ4v) is 2.91. The van der Waals surface area contributed by atoms with E-state index >= 15 is 0 Å². The van der Waals surface area contributed by atoms with Gasteiger partial charge in [-0.3, -0.25) is 0 Å². The Bertz CT molecular complexity index is 577. The van der Waals surface area contributed by atoms with Crippen LogP contribution in [-0.2, 0) is 5.41 Å². The second-order valence-electron chi connectivity index (χ2n) is 5.52. The van der Waals surface area contributed by atoms with Gasteiger partial charge in [-0.1, -0.05) is 19.8 Å². The van der Waals surface area contributed by atoms with Gasteiger partial charge in [0, 0.05) is 11.5 Å². The van der Waals surface area contributed by atoms with Crippen LogP contribution < -0.4 is 5.73 Å². The molecule has 3 N–H and O–H groups in total. The largest absolute Gasteiger partial charge is 0.341 e. The molecule has 1 aliphatic rings. The SMILES string of the molecule is CC1(c2nc3ccc(F)cc3[nH]2)CCCCC1N. The highest BCUT2D eigenvalue weighted by molar-refractivity contribution is 5.75. The lowest BCUT2D eigenvalue weighted by Crippen LogP contribution is -2.46. The van der Waals surface area contributed by atoms with Crippen LogP contribution in [0.1, 0.15) is 38.4 Å². The molecule has 0 saturated heterocycles. The quantitative estimate of drug-likeness (QED) is 0.814. The van der Waals surface area contributed by atoms with E-state index in [1.165, 1.54) is 25.0 Å². The van der Waals surface area contributed by atoms with Gasteiger partial charge in [0.25, 0.3) is 0 Å². The van der Waals surface area contributed by atoms with E-state index in [0.29, 0.717) is 0 Å². The Kier molecular flexibility index (Phi) is 2.63. The average molecular weight is 247 g/mol. The van der Waals surface area contributed by atoms with Crippen LogP contribution in [0.5, 0.6) is 0 Å². The summed E-state index contributed by atoms with van der Waals surface area (Å²) in [5, 5.41) is 0. The topological polar surface area (TPSA) is 54.7 Å². The lowest BCUT2D eigenvalue weighted by atomic mass is 9.71. The van der Waals surface area contributed by atoms with Gasteiger partial charge in [0.2, 0.25) is 0 Å². The van der Waals surface area contributed by atoms with Gasteiger partial charge >= 0.3 is 0 Å². The fraction of sp³-hybridized carbons (Fsp3) is 0.500. The molecule has 1 aromatic heterocycles. The molecule has 1 heterocycles. The lowest BCUT2D eigenvalue weighted by Gasteiger charge is -2.37. The number of H-pyrrole nitrogens is 1. The van der Waals surface area contributed by atoms with Crippen LogP contribution >= 0.6 is 0 Å². The molecule has 1 aromatic carbocycles. The van der Waals surface area contributed by atoms with Gasteiger partial charge in [-0.25, -0.2) is 9.37 Å². The molecule has 0 radical (unpaired) electrons. The molecule has 0 bridgehead atoms. The summed E-state index contributed by atoms with van der Waals surface area (Å²) in [4.78, 5) is 7.84. The zero-order valence-electron chi connectivity index (χ0n) is 10.5. The molecule has 0 amide bonds. The first-order valence-corrected chi connectivity index (χ1v) is 6.51. The molecule has 3 rings (SSSR count). The molecule has 2 unspecified atom stereocenters. The summed E-state index contributed by atoms with van der Waals surface area (Å²) in [6.07, 6.45) is 4.43. The number of hydrogen-bond acceptors (Lipinski definition) is 2. The van der Waals surface area contributed by atoms with E-state index in [-0.39, 0.29) is 17.3 Å². The van der Waals surface area contributed by atoms with Crippen molar-refractivity contribution in [3.05, 3.63) is 29.8 Å². The van der Waals surface area contributed by atoms with Crippen LogP contribution in [0.2, 0.25) is 0 Å². The number of aromatic amines is 1. The second-order valence-corrected chi connectivity index (χ2v) is 5.52. The molecular formula is C14H18FN3. The summed E-state index contributed by atoms with van der Waals surface area (Å²) >= 11 is 0. The van der Waals surface area contributed by atoms with E-state index in [1.54, 1.807) is 6.07 Å². The van der Waals surface area contributed by atoms with Crippen LogP contribution in [-0.4, -0.2) is 16.0 Å². The number of nitrogens with zero attached hydrogens (tertiary/aromatic N) is 1. The number of imidazole rings is 1. The van der Waals surface area contributed by atoms with Crippen molar-refractivity contribution in [3.63, 3.8) is 0 Å². The fourth-order valence-electron chi connectivity index (χ4n) is 2.91. The molecular weight excluding hydrogens is 229 g/mol. The van der Waals surface area contributed by atoms with Crippen molar-refractivity contribution in [3.8, 4) is 0 Å². The first-order valence-electron chi connectivity index (χ1n) is 6.51. The lowest BCUT2D eigenvalue weighted by molar-refractivity contribution is 0.260. The second kappa shape index (κ2) is 4.05. The van der Waals surface area contributed by atoms with Crippen molar-refractivity contribution in [2.24, 2.45) is 5.73 Å². The molecule has 1 fully saturated rings. The molecule has 0 aliphatic heterocycles. The van der Waals surface area contributed by atoms with Crippen molar-refractivity contribution in [1.29, 1.82) is 0 Å². The maximum atomic E-state index is 13.2. The third-order valence-electron chi connectivity index (χ3n) is 4.26. The zero-order valence-corrected chi connectivity index (χ0v) is 10.5.